The molecule has 3 nitrogen and oxygen atoms in total. The fourth-order valence-electron chi connectivity index (χ4n) is 10.2. The van der Waals surface area contributed by atoms with Crippen LogP contribution >= 0.6 is 0 Å². The lowest BCUT2D eigenvalue weighted by molar-refractivity contribution is 1.18. The molecule has 0 unspecified atom stereocenters. The minimum Gasteiger partial charge on any atom is -0.309 e. The summed E-state index contributed by atoms with van der Waals surface area (Å²) in [4.78, 5) is 5.20. The molecule has 318 valence electrons. The van der Waals surface area contributed by atoms with Crippen molar-refractivity contribution in [3.63, 3.8) is 0 Å². The number of pyridine rings is 1. The van der Waals surface area contributed by atoms with E-state index in [1.165, 1.54) is 82.6 Å². The number of rotatable bonds is 8. The molecule has 3 aromatic heterocycles. The third-order valence-corrected chi connectivity index (χ3v) is 13.6. The molecule has 0 radical (unpaired) electrons. The Morgan fingerprint density at radius 2 is 0.559 bits per heavy atom. The van der Waals surface area contributed by atoms with Crippen LogP contribution in [0.3, 0.4) is 0 Å². The van der Waals surface area contributed by atoms with Crippen LogP contribution in [0, 0.1) is 0 Å². The number of nitrogens with zero attached hydrogens (tertiary/aromatic N) is 3. The van der Waals surface area contributed by atoms with Gasteiger partial charge < -0.3 is 9.13 Å². The van der Waals surface area contributed by atoms with Gasteiger partial charge >= 0.3 is 0 Å². The van der Waals surface area contributed by atoms with Crippen LogP contribution < -0.4 is 0 Å². The first kappa shape index (κ1) is 39.3. The first-order valence-electron chi connectivity index (χ1n) is 23.3. The second kappa shape index (κ2) is 16.4. The highest BCUT2D eigenvalue weighted by atomic mass is 15.0. The average molecular weight is 866 g/mol. The van der Waals surface area contributed by atoms with E-state index in [1.807, 2.05) is 6.07 Å². The summed E-state index contributed by atoms with van der Waals surface area (Å²) in [5.74, 6) is 0. The Balaban J connectivity index is 0.864. The number of benzene rings is 10. The molecule has 13 aromatic rings. The SMILES string of the molecule is c1ccc(-c2ccc(-c3ccc(-n4c5ccccc5c5ccc(-c6ccc7c(c6)c6ccccc6n7-c6ccc(-c7cc(-c8ccccc8)cc(-c8ccccc8)n7)cc6)cc54)cc3)cc2)cc1. The summed E-state index contributed by atoms with van der Waals surface area (Å²) >= 11 is 0. The molecule has 0 bridgehead atoms. The summed E-state index contributed by atoms with van der Waals surface area (Å²) in [7, 11) is 0. The molecule has 3 heteroatoms. The molecule has 0 aliphatic heterocycles. The topological polar surface area (TPSA) is 22.8 Å². The van der Waals surface area contributed by atoms with Crippen molar-refractivity contribution in [2.24, 2.45) is 0 Å². The van der Waals surface area contributed by atoms with Crippen molar-refractivity contribution >= 4 is 43.6 Å². The van der Waals surface area contributed by atoms with Gasteiger partial charge in [0.05, 0.1) is 33.5 Å². The highest BCUT2D eigenvalue weighted by Gasteiger charge is 2.17. The highest BCUT2D eigenvalue weighted by molar-refractivity contribution is 6.12. The molecule has 13 rings (SSSR count). The van der Waals surface area contributed by atoms with Crippen molar-refractivity contribution in [2.75, 3.05) is 0 Å². The Hall–Kier alpha value is -9.05. The van der Waals surface area contributed by atoms with Gasteiger partial charge in [-0.15, -0.1) is 0 Å². The quantitative estimate of drug-likeness (QED) is 0.149. The molecule has 10 aromatic carbocycles. The van der Waals surface area contributed by atoms with E-state index < -0.39 is 0 Å². The lowest BCUT2D eigenvalue weighted by Crippen LogP contribution is -1.95. The number of hydrogen-bond acceptors (Lipinski definition) is 1. The van der Waals surface area contributed by atoms with Crippen LogP contribution in [0.25, 0.3) is 122 Å². The molecular weight excluding hydrogens is 823 g/mol. The minimum atomic E-state index is 0.946. The maximum Gasteiger partial charge on any atom is 0.0715 e. The maximum atomic E-state index is 5.20. The van der Waals surface area contributed by atoms with E-state index in [1.54, 1.807) is 0 Å². The fraction of sp³-hybridized carbons (Fsp3) is 0. The number of aromatic nitrogens is 3. The number of para-hydroxylation sites is 2. The van der Waals surface area contributed by atoms with Crippen molar-refractivity contribution in [1.82, 2.24) is 14.1 Å². The van der Waals surface area contributed by atoms with Gasteiger partial charge in [-0.25, -0.2) is 4.98 Å². The van der Waals surface area contributed by atoms with E-state index in [9.17, 15) is 0 Å². The Labute approximate surface area is 395 Å². The molecule has 0 aliphatic carbocycles. The summed E-state index contributed by atoms with van der Waals surface area (Å²) in [5.41, 5.74) is 20.6. The van der Waals surface area contributed by atoms with E-state index in [4.69, 9.17) is 4.98 Å². The van der Waals surface area contributed by atoms with E-state index >= 15 is 0 Å². The van der Waals surface area contributed by atoms with Crippen LogP contribution in [-0.4, -0.2) is 14.1 Å². The molecule has 0 saturated heterocycles. The Bertz CT molecular complexity index is 3900. The van der Waals surface area contributed by atoms with E-state index in [0.717, 1.165) is 39.5 Å². The van der Waals surface area contributed by atoms with Gasteiger partial charge in [-0.05, 0) is 111 Å². The lowest BCUT2D eigenvalue weighted by Gasteiger charge is -2.12. The zero-order valence-electron chi connectivity index (χ0n) is 37.2. The van der Waals surface area contributed by atoms with E-state index in [-0.39, 0.29) is 0 Å². The smallest absolute Gasteiger partial charge is 0.0715 e. The van der Waals surface area contributed by atoms with Gasteiger partial charge in [0.1, 0.15) is 0 Å². The van der Waals surface area contributed by atoms with Crippen molar-refractivity contribution in [3.8, 4) is 78.4 Å². The predicted molar refractivity (Wildman–Crippen MR) is 286 cm³/mol. The summed E-state index contributed by atoms with van der Waals surface area (Å²) in [6.07, 6.45) is 0. The zero-order valence-corrected chi connectivity index (χ0v) is 37.2. The first-order valence-corrected chi connectivity index (χ1v) is 23.3. The summed E-state index contributed by atoms with van der Waals surface area (Å²) in [6, 6.07) is 94.1. The molecule has 0 amide bonds. The average Bonchev–Trinajstić information content (AvgIpc) is 3.94. The van der Waals surface area contributed by atoms with Gasteiger partial charge in [0.15, 0.2) is 0 Å². The second-order valence-corrected chi connectivity index (χ2v) is 17.6. The minimum absolute atomic E-state index is 0.946. The highest BCUT2D eigenvalue weighted by Crippen LogP contribution is 2.39. The largest absolute Gasteiger partial charge is 0.309 e. The van der Waals surface area contributed by atoms with Gasteiger partial charge in [-0.1, -0.05) is 194 Å². The predicted octanol–water partition coefficient (Wildman–Crippen LogP) is 17.3. The van der Waals surface area contributed by atoms with Gasteiger partial charge in [0.2, 0.25) is 0 Å². The van der Waals surface area contributed by atoms with E-state index in [0.29, 0.717) is 0 Å². The Morgan fingerprint density at radius 1 is 0.206 bits per heavy atom. The van der Waals surface area contributed by atoms with Crippen molar-refractivity contribution < 1.29 is 0 Å². The molecule has 3 heterocycles. The van der Waals surface area contributed by atoms with Crippen LogP contribution in [0.2, 0.25) is 0 Å². The normalized spacial score (nSPS) is 11.5. The van der Waals surface area contributed by atoms with Crippen molar-refractivity contribution in [3.05, 3.63) is 261 Å². The Kier molecular flexibility index (Phi) is 9.50. The molecule has 0 atom stereocenters. The van der Waals surface area contributed by atoms with Crippen molar-refractivity contribution in [2.45, 2.75) is 0 Å². The summed E-state index contributed by atoms with van der Waals surface area (Å²) in [5, 5.41) is 4.93. The molecular formula is C65H43N3. The molecule has 0 spiro atoms. The Morgan fingerprint density at radius 3 is 1.13 bits per heavy atom. The molecule has 0 fully saturated rings. The van der Waals surface area contributed by atoms with Crippen LogP contribution in [0.4, 0.5) is 0 Å². The fourth-order valence-corrected chi connectivity index (χ4v) is 10.2. The van der Waals surface area contributed by atoms with Crippen LogP contribution in [0.15, 0.2) is 261 Å². The molecule has 0 N–H and O–H groups in total. The van der Waals surface area contributed by atoms with Gasteiger partial charge in [0, 0.05) is 44.0 Å². The molecule has 68 heavy (non-hydrogen) atoms. The van der Waals surface area contributed by atoms with Crippen molar-refractivity contribution in [1.29, 1.82) is 0 Å². The van der Waals surface area contributed by atoms with Gasteiger partial charge in [-0.2, -0.15) is 0 Å². The summed E-state index contributed by atoms with van der Waals surface area (Å²) < 4.78 is 4.81. The third kappa shape index (κ3) is 6.88. The third-order valence-electron chi connectivity index (χ3n) is 13.6. The van der Waals surface area contributed by atoms with Gasteiger partial charge in [0.25, 0.3) is 0 Å². The lowest BCUT2D eigenvalue weighted by atomic mass is 10.00. The van der Waals surface area contributed by atoms with E-state index in [2.05, 4.69) is 264 Å². The number of hydrogen-bond donors (Lipinski definition) is 0. The molecule has 0 saturated carbocycles. The first-order chi connectivity index (χ1) is 33.7. The maximum absolute atomic E-state index is 5.20. The van der Waals surface area contributed by atoms with Crippen LogP contribution in [-0.2, 0) is 0 Å². The van der Waals surface area contributed by atoms with Crippen LogP contribution in [0.5, 0.6) is 0 Å². The molecule has 0 aliphatic rings. The van der Waals surface area contributed by atoms with Crippen LogP contribution in [0.1, 0.15) is 0 Å². The van der Waals surface area contributed by atoms with Gasteiger partial charge in [-0.3, -0.25) is 0 Å². The monoisotopic (exact) mass is 865 g/mol. The standard InChI is InChI=1S/C65H43N3/c1-4-14-44(15-5-1)46-24-26-47(27-25-46)48-28-34-55(35-29-48)68-62-22-12-10-20-56(62)58-38-32-52(43-65(58)68)51-33-39-64-59(40-51)57-21-11-13-23-63(57)67(64)54-36-30-50(31-37-54)61-42-53(45-16-6-2-7-17-45)41-60(66-61)49-18-8-3-9-19-49/h1-43H. The number of fused-ring (bicyclic) bond motifs is 6. The summed E-state index contributed by atoms with van der Waals surface area (Å²) in [6.45, 7) is 0. The zero-order chi connectivity index (χ0) is 45.0. The second-order valence-electron chi connectivity index (χ2n) is 17.6.